The standard InChI is InChI=1S/C16H15N3O2S2/c1-2-12(21-10-6-4-3-5-7-10)14(20)18-13-9-8-11-15(19-13)23-16(22)17-11/h3-9,12H,2H2,1H3,(H,17,22)(H,18,19,20). The predicted molar refractivity (Wildman–Crippen MR) is 94.6 cm³/mol. The van der Waals surface area contributed by atoms with Gasteiger partial charge in [0.05, 0.1) is 5.52 Å². The van der Waals surface area contributed by atoms with E-state index in [9.17, 15) is 4.79 Å². The molecule has 5 nitrogen and oxygen atoms in total. The first-order valence-corrected chi connectivity index (χ1v) is 8.40. The van der Waals surface area contributed by atoms with Crippen LogP contribution in [0.25, 0.3) is 10.3 Å². The first kappa shape index (κ1) is 15.6. The summed E-state index contributed by atoms with van der Waals surface area (Å²) in [4.78, 5) is 20.6. The van der Waals surface area contributed by atoms with Crippen LogP contribution in [0, 0.1) is 3.95 Å². The average molecular weight is 345 g/mol. The summed E-state index contributed by atoms with van der Waals surface area (Å²) in [5, 5.41) is 2.80. The van der Waals surface area contributed by atoms with Crippen LogP contribution in [0.3, 0.4) is 0 Å². The highest BCUT2D eigenvalue weighted by molar-refractivity contribution is 7.73. The van der Waals surface area contributed by atoms with E-state index in [1.165, 1.54) is 11.3 Å². The van der Waals surface area contributed by atoms with Gasteiger partial charge in [-0.1, -0.05) is 36.5 Å². The molecule has 7 heteroatoms. The van der Waals surface area contributed by atoms with Crippen molar-refractivity contribution in [2.24, 2.45) is 0 Å². The quantitative estimate of drug-likeness (QED) is 0.682. The maximum absolute atomic E-state index is 12.4. The number of aromatic nitrogens is 2. The van der Waals surface area contributed by atoms with E-state index in [-0.39, 0.29) is 5.91 Å². The number of fused-ring (bicyclic) bond motifs is 1. The summed E-state index contributed by atoms with van der Waals surface area (Å²) in [5.41, 5.74) is 0.866. The molecule has 3 aromatic rings. The number of pyridine rings is 1. The van der Waals surface area contributed by atoms with Gasteiger partial charge in [-0.2, -0.15) is 0 Å². The van der Waals surface area contributed by atoms with Gasteiger partial charge in [-0.15, -0.1) is 0 Å². The van der Waals surface area contributed by atoms with Crippen molar-refractivity contribution in [2.45, 2.75) is 19.4 Å². The molecular formula is C16H15N3O2S2. The van der Waals surface area contributed by atoms with Crippen molar-refractivity contribution < 1.29 is 9.53 Å². The fourth-order valence-corrected chi connectivity index (χ4v) is 3.15. The van der Waals surface area contributed by atoms with E-state index in [1.807, 2.05) is 43.3 Å². The molecule has 2 heterocycles. The molecule has 2 aromatic heterocycles. The number of rotatable bonds is 5. The molecule has 118 valence electrons. The Bertz CT molecular complexity index is 874. The highest BCUT2D eigenvalue weighted by Crippen LogP contribution is 2.20. The molecule has 23 heavy (non-hydrogen) atoms. The van der Waals surface area contributed by atoms with Gasteiger partial charge in [0.1, 0.15) is 16.4 Å². The number of carbonyl (C=O) groups excluding carboxylic acids is 1. The molecule has 0 bridgehead atoms. The number of H-pyrrole nitrogens is 1. The van der Waals surface area contributed by atoms with Crippen molar-refractivity contribution in [3.05, 3.63) is 46.4 Å². The molecular weight excluding hydrogens is 330 g/mol. The number of carbonyl (C=O) groups is 1. The van der Waals surface area contributed by atoms with Gasteiger partial charge in [-0.25, -0.2) is 4.98 Å². The Morgan fingerprint density at radius 1 is 1.35 bits per heavy atom. The number of para-hydroxylation sites is 1. The van der Waals surface area contributed by atoms with Crippen molar-refractivity contribution in [1.29, 1.82) is 0 Å². The molecule has 1 atom stereocenters. The fourth-order valence-electron chi connectivity index (χ4n) is 2.10. The van der Waals surface area contributed by atoms with Gasteiger partial charge >= 0.3 is 0 Å². The van der Waals surface area contributed by atoms with E-state index in [0.717, 1.165) is 10.3 Å². The lowest BCUT2D eigenvalue weighted by Gasteiger charge is -2.16. The zero-order chi connectivity index (χ0) is 16.2. The highest BCUT2D eigenvalue weighted by Gasteiger charge is 2.19. The summed E-state index contributed by atoms with van der Waals surface area (Å²) in [6.45, 7) is 1.90. The lowest BCUT2D eigenvalue weighted by Crippen LogP contribution is -2.32. The molecule has 0 fully saturated rings. The van der Waals surface area contributed by atoms with Gasteiger partial charge in [0, 0.05) is 0 Å². The van der Waals surface area contributed by atoms with Gasteiger partial charge in [-0.05, 0) is 42.9 Å². The second-order valence-electron chi connectivity index (χ2n) is 4.88. The topological polar surface area (TPSA) is 67.0 Å². The molecule has 0 radical (unpaired) electrons. The molecule has 0 aliphatic heterocycles. The summed E-state index contributed by atoms with van der Waals surface area (Å²) < 4.78 is 6.39. The van der Waals surface area contributed by atoms with Crippen LogP contribution in [0.5, 0.6) is 5.75 Å². The smallest absolute Gasteiger partial charge is 0.266 e. The SMILES string of the molecule is CCC(Oc1ccccc1)C(=O)Nc1ccc2[nH]c(=S)sc2n1. The molecule has 2 N–H and O–H groups in total. The van der Waals surface area contributed by atoms with Crippen LogP contribution < -0.4 is 10.1 Å². The number of nitrogens with one attached hydrogen (secondary N) is 2. The summed E-state index contributed by atoms with van der Waals surface area (Å²) in [6.07, 6.45) is -0.00852. The minimum Gasteiger partial charge on any atom is -0.481 e. The average Bonchev–Trinajstić information content (AvgIpc) is 2.92. The van der Waals surface area contributed by atoms with E-state index in [0.29, 0.717) is 21.9 Å². The number of nitrogens with zero attached hydrogens (tertiary/aromatic N) is 1. The highest BCUT2D eigenvalue weighted by atomic mass is 32.1. The van der Waals surface area contributed by atoms with Crippen LogP contribution in [0.4, 0.5) is 5.82 Å². The van der Waals surface area contributed by atoms with E-state index in [4.69, 9.17) is 17.0 Å². The number of anilines is 1. The Balaban J connectivity index is 1.73. The monoisotopic (exact) mass is 345 g/mol. The van der Waals surface area contributed by atoms with Crippen molar-refractivity contribution in [1.82, 2.24) is 9.97 Å². The summed E-state index contributed by atoms with van der Waals surface area (Å²) >= 11 is 6.47. The van der Waals surface area contributed by atoms with Crippen molar-refractivity contribution in [3.63, 3.8) is 0 Å². The van der Waals surface area contributed by atoms with Crippen LogP contribution in [0.15, 0.2) is 42.5 Å². The third kappa shape index (κ3) is 3.75. The Labute approximate surface area is 142 Å². The largest absolute Gasteiger partial charge is 0.481 e. The molecule has 1 unspecified atom stereocenters. The van der Waals surface area contributed by atoms with E-state index in [2.05, 4.69) is 15.3 Å². The van der Waals surface area contributed by atoms with Gasteiger partial charge in [0.25, 0.3) is 5.91 Å². The summed E-state index contributed by atoms with van der Waals surface area (Å²) in [6, 6.07) is 12.9. The van der Waals surface area contributed by atoms with Crippen LogP contribution in [0.2, 0.25) is 0 Å². The van der Waals surface area contributed by atoms with Gasteiger partial charge < -0.3 is 15.0 Å². The van der Waals surface area contributed by atoms with Crippen LogP contribution in [-0.2, 0) is 4.79 Å². The fraction of sp³-hybridized carbons (Fsp3) is 0.188. The number of benzene rings is 1. The Morgan fingerprint density at radius 2 is 2.13 bits per heavy atom. The lowest BCUT2D eigenvalue weighted by atomic mass is 10.2. The minimum absolute atomic E-state index is 0.220. The lowest BCUT2D eigenvalue weighted by molar-refractivity contribution is -0.122. The van der Waals surface area contributed by atoms with E-state index >= 15 is 0 Å². The van der Waals surface area contributed by atoms with Crippen LogP contribution in [0.1, 0.15) is 13.3 Å². The van der Waals surface area contributed by atoms with Crippen LogP contribution in [-0.4, -0.2) is 22.0 Å². The first-order chi connectivity index (χ1) is 11.2. The molecule has 1 aromatic carbocycles. The van der Waals surface area contributed by atoms with Crippen molar-refractivity contribution >= 4 is 45.6 Å². The van der Waals surface area contributed by atoms with E-state index in [1.54, 1.807) is 6.07 Å². The van der Waals surface area contributed by atoms with Crippen LogP contribution >= 0.6 is 23.6 Å². The van der Waals surface area contributed by atoms with E-state index < -0.39 is 6.10 Å². The number of thiazole rings is 1. The van der Waals surface area contributed by atoms with Gasteiger partial charge in [0.15, 0.2) is 10.1 Å². The molecule has 0 aliphatic carbocycles. The Hall–Kier alpha value is -2.25. The second kappa shape index (κ2) is 6.89. The second-order valence-corrected chi connectivity index (χ2v) is 6.55. The van der Waals surface area contributed by atoms with Crippen molar-refractivity contribution in [3.8, 4) is 5.75 Å². The molecule has 3 rings (SSSR count). The minimum atomic E-state index is -0.570. The maximum Gasteiger partial charge on any atom is 0.266 e. The third-order valence-corrected chi connectivity index (χ3v) is 4.37. The third-order valence-electron chi connectivity index (χ3n) is 3.22. The molecule has 1 amide bonds. The number of ether oxygens (including phenoxy) is 1. The zero-order valence-corrected chi connectivity index (χ0v) is 14.0. The van der Waals surface area contributed by atoms with Gasteiger partial charge in [-0.3, -0.25) is 4.79 Å². The number of hydrogen-bond donors (Lipinski definition) is 2. The molecule has 0 spiro atoms. The number of aromatic amines is 1. The van der Waals surface area contributed by atoms with Gasteiger partial charge in [0.2, 0.25) is 0 Å². The Kier molecular flexibility index (Phi) is 4.68. The summed E-state index contributed by atoms with van der Waals surface area (Å²) in [5.74, 6) is 0.937. The molecule has 0 aliphatic rings. The Morgan fingerprint density at radius 3 is 2.87 bits per heavy atom. The summed E-state index contributed by atoms with van der Waals surface area (Å²) in [7, 11) is 0. The first-order valence-electron chi connectivity index (χ1n) is 7.18. The number of hydrogen-bond acceptors (Lipinski definition) is 5. The molecule has 0 saturated carbocycles. The molecule has 0 saturated heterocycles. The normalized spacial score (nSPS) is 12.0. The maximum atomic E-state index is 12.4. The predicted octanol–water partition coefficient (Wildman–Crippen LogP) is 4.15. The van der Waals surface area contributed by atoms with Crippen molar-refractivity contribution in [2.75, 3.05) is 5.32 Å². The number of amides is 1. The zero-order valence-electron chi connectivity index (χ0n) is 12.4.